The first-order valence-electron chi connectivity index (χ1n) is 22.3. The summed E-state index contributed by atoms with van der Waals surface area (Å²) in [5.41, 5.74) is 12.5. The summed E-state index contributed by atoms with van der Waals surface area (Å²) in [4.78, 5) is 17.9. The molecule has 0 aromatic heterocycles. The van der Waals surface area contributed by atoms with Gasteiger partial charge in [0.25, 0.3) is 0 Å². The molecule has 2 heterocycles. The number of aromatic hydroxyl groups is 1. The summed E-state index contributed by atoms with van der Waals surface area (Å²) in [7, 11) is 3.30. The highest BCUT2D eigenvalue weighted by Gasteiger charge is 2.39. The standard InChI is InChI=1S/C53H59N3O6/c1-34-13-20-44-38-17-21-45-50(44)46(34)32-47(59)51(45)53(23-6-7-24-53)25-26-61-43(31-42(58)18-14-36-15-22-48(60-3)49(28-36)62-33-38)30-39-29-41(57)19-16-37(39)11-5-4-9-35-10-8-12-40(27-35)56-52(54)55-2/h8,10,12-13,15-17,19-22,27-29,32,34,37,39,43,57,59H,4-7,9,11,14,18,23-24,30-31,33H2,1-3H3,(H3,54,55,56). The van der Waals surface area contributed by atoms with Gasteiger partial charge in [0.15, 0.2) is 17.5 Å². The molecule has 5 aliphatic rings. The van der Waals surface area contributed by atoms with Crippen molar-refractivity contribution in [3.63, 3.8) is 0 Å². The molecule has 0 saturated heterocycles. The Bertz CT molecular complexity index is 2500. The van der Waals surface area contributed by atoms with Gasteiger partial charge in [-0.3, -0.25) is 9.79 Å². The van der Waals surface area contributed by atoms with Crippen molar-refractivity contribution in [3.05, 3.63) is 124 Å². The number of fused-ring (bicyclic) bond motifs is 8. The average Bonchev–Trinajstić information content (AvgIpc) is 3.74. The van der Waals surface area contributed by atoms with Crippen LogP contribution >= 0.6 is 0 Å². The molecule has 0 radical (unpaired) electrons. The minimum absolute atomic E-state index is 0.0412. The summed E-state index contributed by atoms with van der Waals surface area (Å²) >= 11 is 0. The van der Waals surface area contributed by atoms with Crippen molar-refractivity contribution in [1.82, 2.24) is 0 Å². The summed E-state index contributed by atoms with van der Waals surface area (Å²) < 4.78 is 18.8. The quantitative estimate of drug-likeness (QED) is 0.0567. The number of nitrogens with zero attached hydrogens (tertiary/aromatic N) is 1. The van der Waals surface area contributed by atoms with E-state index in [0.29, 0.717) is 43.3 Å². The van der Waals surface area contributed by atoms with E-state index >= 15 is 0 Å². The van der Waals surface area contributed by atoms with Crippen LogP contribution in [-0.2, 0) is 34.4 Å². The molecule has 3 aliphatic carbocycles. The van der Waals surface area contributed by atoms with Gasteiger partial charge in [-0.2, -0.15) is 0 Å². The van der Waals surface area contributed by atoms with Gasteiger partial charge < -0.3 is 35.5 Å². The van der Waals surface area contributed by atoms with E-state index in [-0.39, 0.29) is 41.5 Å². The van der Waals surface area contributed by atoms with Crippen LogP contribution in [0.4, 0.5) is 5.69 Å². The minimum Gasteiger partial charge on any atom is -0.508 e. The molecule has 4 aromatic carbocycles. The lowest BCUT2D eigenvalue weighted by Crippen LogP contribution is -2.25. The predicted molar refractivity (Wildman–Crippen MR) is 248 cm³/mol. The van der Waals surface area contributed by atoms with Gasteiger partial charge >= 0.3 is 0 Å². The monoisotopic (exact) mass is 833 g/mol. The number of nitrogens with one attached hydrogen (secondary N) is 1. The van der Waals surface area contributed by atoms with Crippen LogP contribution in [0.5, 0.6) is 17.2 Å². The lowest BCUT2D eigenvalue weighted by molar-refractivity contribution is -0.121. The Balaban J connectivity index is 1.09. The fraction of sp³-hybridized carbons (Fsp3) is 0.396. The Morgan fingerprint density at radius 1 is 1.02 bits per heavy atom. The third-order valence-electron chi connectivity index (χ3n) is 13.4. The summed E-state index contributed by atoms with van der Waals surface area (Å²) in [6, 6.07) is 20.3. The maximum Gasteiger partial charge on any atom is 0.192 e. The maximum atomic E-state index is 13.9. The molecule has 9 rings (SSSR count). The van der Waals surface area contributed by atoms with Crippen molar-refractivity contribution >= 4 is 34.3 Å². The van der Waals surface area contributed by atoms with Gasteiger partial charge in [0.1, 0.15) is 36.1 Å². The van der Waals surface area contributed by atoms with Crippen molar-refractivity contribution in [3.8, 4) is 29.3 Å². The van der Waals surface area contributed by atoms with E-state index < -0.39 is 11.5 Å². The number of unbranched alkanes of at least 4 members (excludes halogenated alkanes) is 1. The van der Waals surface area contributed by atoms with Crippen molar-refractivity contribution in [1.29, 1.82) is 0 Å². The number of guanidine groups is 1. The number of carbonyl (C=O) groups excluding carboxylic acids is 1. The number of aliphatic imine (C=N–C) groups is 1. The van der Waals surface area contributed by atoms with Crippen LogP contribution in [-0.4, -0.2) is 42.2 Å². The van der Waals surface area contributed by atoms with Gasteiger partial charge in [-0.05, 0) is 144 Å². The minimum atomic E-state index is -0.619. The number of hydrogen-bond donors (Lipinski definition) is 4. The SMILES string of the molecule is CN=C(N)Nc1cccc(CCCCC2C=CC(O)=CC2CC2CC(=O)CCc3ccc(OC)c(c3)OCc3ccc4c(c(O)cc5c4c3C=CC5C)C3(C#CO2)CCCC3)c1. The van der Waals surface area contributed by atoms with Crippen LogP contribution in [0.25, 0.3) is 16.8 Å². The third-order valence-corrected chi connectivity index (χ3v) is 13.4. The largest absolute Gasteiger partial charge is 0.508 e. The molecule has 4 aromatic rings. The molecule has 0 amide bonds. The fourth-order valence-electron chi connectivity index (χ4n) is 10.1. The molecular weight excluding hydrogens is 775 g/mol. The van der Waals surface area contributed by atoms with E-state index in [1.165, 1.54) is 5.56 Å². The second kappa shape index (κ2) is 18.9. The van der Waals surface area contributed by atoms with E-state index in [9.17, 15) is 15.0 Å². The fourth-order valence-corrected chi connectivity index (χ4v) is 10.1. The number of Topliss-reactive ketones (excluding diaryl/α,β-unsaturated/α-hetero) is 1. The van der Waals surface area contributed by atoms with Crippen LogP contribution < -0.4 is 20.5 Å². The number of phenols is 1. The summed E-state index contributed by atoms with van der Waals surface area (Å²) in [6.45, 7) is 2.49. The zero-order valence-electron chi connectivity index (χ0n) is 36.2. The summed E-state index contributed by atoms with van der Waals surface area (Å²) in [5, 5.41) is 27.9. The number of phenolic OH excluding ortho intramolecular Hbond substituents is 1. The van der Waals surface area contributed by atoms with Gasteiger partial charge in [0.2, 0.25) is 0 Å². The second-order valence-corrected chi connectivity index (χ2v) is 17.5. The zero-order valence-corrected chi connectivity index (χ0v) is 36.2. The van der Waals surface area contributed by atoms with Gasteiger partial charge in [-0.25, -0.2) is 0 Å². The number of ether oxygens (including phenoxy) is 3. The zero-order chi connectivity index (χ0) is 43.2. The Labute approximate surface area is 365 Å². The van der Waals surface area contributed by atoms with E-state index in [1.807, 2.05) is 42.5 Å². The van der Waals surface area contributed by atoms with Gasteiger partial charge in [0.05, 0.1) is 12.5 Å². The lowest BCUT2D eigenvalue weighted by atomic mass is 9.73. The molecule has 4 atom stereocenters. The third kappa shape index (κ3) is 9.35. The molecule has 9 nitrogen and oxygen atoms in total. The first-order chi connectivity index (χ1) is 30.1. The molecule has 4 unspecified atom stereocenters. The maximum absolute atomic E-state index is 13.9. The van der Waals surface area contributed by atoms with Crippen molar-refractivity contribution in [2.24, 2.45) is 22.6 Å². The second-order valence-electron chi connectivity index (χ2n) is 17.5. The Morgan fingerprint density at radius 2 is 1.87 bits per heavy atom. The van der Waals surface area contributed by atoms with Crippen molar-refractivity contribution in [2.75, 3.05) is 19.5 Å². The summed E-state index contributed by atoms with van der Waals surface area (Å²) in [6.07, 6.45) is 21.9. The normalized spacial score (nSPS) is 22.0. The molecule has 1 fully saturated rings. The number of methoxy groups -OCH3 is 1. The molecule has 1 spiro atoms. The predicted octanol–water partition coefficient (Wildman–Crippen LogP) is 10.7. The highest BCUT2D eigenvalue weighted by Crippen LogP contribution is 2.51. The number of hydrogen-bond acceptors (Lipinski definition) is 7. The van der Waals surface area contributed by atoms with Crippen LogP contribution in [0.1, 0.15) is 110 Å². The Hall–Kier alpha value is -6.14. The number of anilines is 1. The average molecular weight is 834 g/mol. The highest BCUT2D eigenvalue weighted by molar-refractivity contribution is 6.01. The molecule has 62 heavy (non-hydrogen) atoms. The number of benzene rings is 4. The Kier molecular flexibility index (Phi) is 12.9. The number of nitrogens with two attached hydrogens (primary N) is 1. The van der Waals surface area contributed by atoms with Crippen LogP contribution in [0.3, 0.4) is 0 Å². The van der Waals surface area contributed by atoms with Gasteiger partial charge in [-0.1, -0.05) is 74.7 Å². The molecule has 5 N–H and O–H groups in total. The number of carbonyl (C=O) groups is 1. The number of aliphatic hydroxyl groups excluding tert-OH is 1. The number of rotatable bonds is 9. The molecule has 2 aliphatic heterocycles. The van der Waals surface area contributed by atoms with Gasteiger partial charge in [0, 0.05) is 37.1 Å². The highest BCUT2D eigenvalue weighted by atomic mass is 16.5. The van der Waals surface area contributed by atoms with E-state index in [0.717, 1.165) is 95.6 Å². The molecule has 9 heteroatoms. The van der Waals surface area contributed by atoms with Crippen molar-refractivity contribution in [2.45, 2.75) is 108 Å². The van der Waals surface area contributed by atoms with E-state index in [4.69, 9.17) is 19.9 Å². The number of ketones is 1. The van der Waals surface area contributed by atoms with E-state index in [1.54, 1.807) is 20.2 Å². The number of aryl methyl sites for hydroxylation is 2. The molecule has 322 valence electrons. The topological polar surface area (TPSA) is 136 Å². The summed E-state index contributed by atoms with van der Waals surface area (Å²) in [5.74, 6) is 6.04. The first kappa shape index (κ1) is 42.5. The molecule has 6 bridgehead atoms. The van der Waals surface area contributed by atoms with Gasteiger partial charge in [-0.15, -0.1) is 0 Å². The molecule has 1 saturated carbocycles. The van der Waals surface area contributed by atoms with Crippen molar-refractivity contribution < 1.29 is 29.2 Å². The van der Waals surface area contributed by atoms with E-state index in [2.05, 4.69) is 71.8 Å². The molecular formula is C53H59N3O6. The number of aliphatic hydroxyl groups is 1. The van der Waals surface area contributed by atoms with Crippen LogP contribution in [0.15, 0.2) is 95.7 Å². The Morgan fingerprint density at radius 3 is 2.69 bits per heavy atom. The smallest absolute Gasteiger partial charge is 0.192 e. The van der Waals surface area contributed by atoms with Crippen LogP contribution in [0.2, 0.25) is 0 Å². The van der Waals surface area contributed by atoms with Crippen LogP contribution in [0, 0.1) is 23.9 Å². The number of allylic oxidation sites excluding steroid dienone is 4. The lowest BCUT2D eigenvalue weighted by Gasteiger charge is -2.30. The first-order valence-corrected chi connectivity index (χ1v) is 22.3.